The molecule has 2 bridgehead atoms. The van der Waals surface area contributed by atoms with Gasteiger partial charge in [-0.2, -0.15) is 0 Å². The Balaban J connectivity index is 1.87. The molecule has 7 heteroatoms. The van der Waals surface area contributed by atoms with Crippen molar-refractivity contribution in [3.05, 3.63) is 12.2 Å². The number of amides is 3. The van der Waals surface area contributed by atoms with Gasteiger partial charge in [-0.25, -0.2) is 0 Å². The molecule has 0 spiro atoms. The second-order valence-electron chi connectivity index (χ2n) is 5.89. The van der Waals surface area contributed by atoms with E-state index >= 15 is 0 Å². The minimum Gasteiger partial charge on any atom is -0.481 e. The number of carbonyl (C=O) groups excluding carboxylic acids is 3. The molecule has 3 aliphatic rings. The van der Waals surface area contributed by atoms with E-state index in [-0.39, 0.29) is 18.4 Å². The highest BCUT2D eigenvalue weighted by atomic mass is 16.4. The van der Waals surface area contributed by atoms with Crippen LogP contribution in [-0.4, -0.2) is 46.3 Å². The molecule has 3 unspecified atom stereocenters. The van der Waals surface area contributed by atoms with Gasteiger partial charge in [-0.1, -0.05) is 12.2 Å². The van der Waals surface area contributed by atoms with Gasteiger partial charge in [0.05, 0.1) is 11.8 Å². The molecule has 2 fully saturated rings. The third-order valence-electron chi connectivity index (χ3n) is 4.74. The fourth-order valence-electron chi connectivity index (χ4n) is 3.67. The molecule has 3 rings (SSSR count). The molecule has 2 aliphatic carbocycles. The largest absolute Gasteiger partial charge is 0.481 e. The topological polar surface area (TPSA) is 104 Å². The molecule has 1 saturated heterocycles. The summed E-state index contributed by atoms with van der Waals surface area (Å²) in [5.41, 5.74) is 0. The summed E-state index contributed by atoms with van der Waals surface area (Å²) in [5, 5.41) is 11.5. The first-order valence-corrected chi connectivity index (χ1v) is 6.95. The van der Waals surface area contributed by atoms with Crippen molar-refractivity contribution in [1.82, 2.24) is 10.2 Å². The first kappa shape index (κ1) is 13.8. The van der Waals surface area contributed by atoms with Gasteiger partial charge >= 0.3 is 5.97 Å². The van der Waals surface area contributed by atoms with E-state index in [1.54, 1.807) is 6.92 Å². The second kappa shape index (κ2) is 4.68. The van der Waals surface area contributed by atoms with Crippen LogP contribution >= 0.6 is 0 Å². The first-order valence-electron chi connectivity index (χ1n) is 6.95. The maximum Gasteiger partial charge on any atom is 0.307 e. The summed E-state index contributed by atoms with van der Waals surface area (Å²) in [6.07, 6.45) is 4.38. The van der Waals surface area contributed by atoms with Crippen LogP contribution in [0, 0.1) is 23.7 Å². The highest BCUT2D eigenvalue weighted by Crippen LogP contribution is 2.49. The van der Waals surface area contributed by atoms with Crippen LogP contribution in [0.4, 0.5) is 0 Å². The smallest absolute Gasteiger partial charge is 0.307 e. The van der Waals surface area contributed by atoms with E-state index < -0.39 is 41.6 Å². The van der Waals surface area contributed by atoms with E-state index in [9.17, 15) is 24.3 Å². The lowest BCUT2D eigenvalue weighted by molar-refractivity contribution is -0.156. The van der Waals surface area contributed by atoms with Crippen molar-refractivity contribution in [2.24, 2.45) is 23.7 Å². The summed E-state index contributed by atoms with van der Waals surface area (Å²) in [6.45, 7) is 1.34. The molecular weight excluding hydrogens is 276 g/mol. The molecule has 21 heavy (non-hydrogen) atoms. The van der Waals surface area contributed by atoms with Crippen LogP contribution in [0.5, 0.6) is 0 Å². The predicted molar refractivity (Wildman–Crippen MR) is 69.7 cm³/mol. The zero-order chi connectivity index (χ0) is 15.3. The Hall–Kier alpha value is -2.18. The Morgan fingerprint density at radius 3 is 2.48 bits per heavy atom. The van der Waals surface area contributed by atoms with Crippen molar-refractivity contribution >= 4 is 23.7 Å². The number of carboxylic acids is 1. The van der Waals surface area contributed by atoms with Crippen LogP contribution in [0.25, 0.3) is 0 Å². The van der Waals surface area contributed by atoms with E-state index in [0.717, 1.165) is 0 Å². The highest BCUT2D eigenvalue weighted by molar-refractivity contribution is 6.04. The number of rotatable bonds is 2. The molecular formula is C14H16N2O5. The summed E-state index contributed by atoms with van der Waals surface area (Å²) < 4.78 is 0. The molecule has 2 N–H and O–H groups in total. The number of allylic oxidation sites excluding steroid dienone is 2. The predicted octanol–water partition coefficient (Wildman–Crippen LogP) is -0.617. The molecule has 7 nitrogen and oxygen atoms in total. The molecule has 0 aromatic rings. The summed E-state index contributed by atoms with van der Waals surface area (Å²) in [6, 6.07) is -0.757. The lowest BCUT2D eigenvalue weighted by atomic mass is 9.81. The average molecular weight is 292 g/mol. The summed E-state index contributed by atoms with van der Waals surface area (Å²) in [7, 11) is 0. The van der Waals surface area contributed by atoms with Gasteiger partial charge < -0.3 is 10.0 Å². The number of fused-ring (bicyclic) bond motifs is 2. The molecule has 1 saturated carbocycles. The Kier molecular flexibility index (Phi) is 3.07. The van der Waals surface area contributed by atoms with Crippen molar-refractivity contribution in [2.45, 2.75) is 19.4 Å². The fraction of sp³-hybridized carbons (Fsp3) is 0.571. The molecule has 1 heterocycles. The molecule has 0 aromatic carbocycles. The third-order valence-corrected chi connectivity index (χ3v) is 4.74. The second-order valence-corrected chi connectivity index (χ2v) is 5.89. The summed E-state index contributed by atoms with van der Waals surface area (Å²) in [4.78, 5) is 48.5. The lowest BCUT2D eigenvalue weighted by Crippen LogP contribution is -2.60. The minimum atomic E-state index is -0.995. The van der Waals surface area contributed by atoms with E-state index in [2.05, 4.69) is 5.32 Å². The Morgan fingerprint density at radius 2 is 1.86 bits per heavy atom. The van der Waals surface area contributed by atoms with Crippen LogP contribution in [0.15, 0.2) is 12.2 Å². The molecule has 112 valence electrons. The third kappa shape index (κ3) is 2.03. The number of carbonyl (C=O) groups is 4. The Labute approximate surface area is 121 Å². The van der Waals surface area contributed by atoms with Crippen molar-refractivity contribution in [1.29, 1.82) is 0 Å². The number of imide groups is 1. The van der Waals surface area contributed by atoms with Gasteiger partial charge in [0.25, 0.3) is 0 Å². The number of piperazine rings is 1. The molecule has 3 amide bonds. The van der Waals surface area contributed by atoms with Crippen LogP contribution < -0.4 is 5.32 Å². The minimum absolute atomic E-state index is 0.115. The van der Waals surface area contributed by atoms with Crippen LogP contribution in [0.2, 0.25) is 0 Å². The standard InChI is InChI=1S/C14H16N2O5/c1-6-12(18)15-9(17)5-16(6)13(19)10-7-2-3-8(4-7)11(10)14(20)21/h2-3,6-8,10-11H,4-5H2,1H3,(H,20,21)(H,15,17,18)/t6?,7?,8?,10-,11+/m0/s1. The van der Waals surface area contributed by atoms with Crippen molar-refractivity contribution < 1.29 is 24.3 Å². The Bertz CT molecular complexity index is 570. The van der Waals surface area contributed by atoms with Crippen LogP contribution in [0.1, 0.15) is 13.3 Å². The molecule has 1 aliphatic heterocycles. The van der Waals surface area contributed by atoms with Gasteiger partial charge in [0, 0.05) is 0 Å². The zero-order valence-electron chi connectivity index (χ0n) is 11.5. The van der Waals surface area contributed by atoms with Gasteiger partial charge in [-0.05, 0) is 25.2 Å². The van der Waals surface area contributed by atoms with Crippen LogP contribution in [0.3, 0.4) is 0 Å². The van der Waals surface area contributed by atoms with Gasteiger partial charge in [0.2, 0.25) is 17.7 Å². The van der Waals surface area contributed by atoms with E-state index in [1.807, 2.05) is 12.2 Å². The highest BCUT2D eigenvalue weighted by Gasteiger charge is 2.53. The summed E-state index contributed by atoms with van der Waals surface area (Å²) in [5.74, 6) is -4.15. The van der Waals surface area contributed by atoms with Crippen molar-refractivity contribution in [3.8, 4) is 0 Å². The number of nitrogens with zero attached hydrogens (tertiary/aromatic N) is 1. The number of hydrogen-bond acceptors (Lipinski definition) is 4. The monoisotopic (exact) mass is 292 g/mol. The number of hydrogen-bond donors (Lipinski definition) is 2. The number of nitrogens with one attached hydrogen (secondary N) is 1. The average Bonchev–Trinajstić information content (AvgIpc) is 3.02. The van der Waals surface area contributed by atoms with E-state index in [1.165, 1.54) is 4.90 Å². The molecule has 0 aromatic heterocycles. The summed E-state index contributed by atoms with van der Waals surface area (Å²) >= 11 is 0. The quantitative estimate of drug-likeness (QED) is 0.521. The van der Waals surface area contributed by atoms with Gasteiger partial charge in [-0.15, -0.1) is 0 Å². The van der Waals surface area contributed by atoms with Crippen LogP contribution in [-0.2, 0) is 19.2 Å². The van der Waals surface area contributed by atoms with Crippen molar-refractivity contribution in [2.75, 3.05) is 6.54 Å². The lowest BCUT2D eigenvalue weighted by Gasteiger charge is -2.36. The SMILES string of the molecule is CC1C(=O)NC(=O)CN1C(=O)[C@H]1C2C=CC(C2)[C@H]1C(=O)O. The van der Waals surface area contributed by atoms with Gasteiger partial charge in [-0.3, -0.25) is 24.5 Å². The van der Waals surface area contributed by atoms with E-state index in [4.69, 9.17) is 0 Å². The van der Waals surface area contributed by atoms with Gasteiger partial charge in [0.15, 0.2) is 0 Å². The molecule has 0 radical (unpaired) electrons. The van der Waals surface area contributed by atoms with Crippen molar-refractivity contribution in [3.63, 3.8) is 0 Å². The number of aliphatic carboxylic acids is 1. The Morgan fingerprint density at radius 1 is 1.24 bits per heavy atom. The normalized spacial score (nSPS) is 37.8. The maximum atomic E-state index is 12.7. The fourth-order valence-corrected chi connectivity index (χ4v) is 3.67. The van der Waals surface area contributed by atoms with Gasteiger partial charge in [0.1, 0.15) is 12.6 Å². The first-order chi connectivity index (χ1) is 9.90. The van der Waals surface area contributed by atoms with E-state index in [0.29, 0.717) is 6.42 Å². The zero-order valence-corrected chi connectivity index (χ0v) is 11.5. The molecule has 5 atom stereocenters. The number of carboxylic acid groups (broad SMARTS) is 1. The maximum absolute atomic E-state index is 12.7.